The van der Waals surface area contributed by atoms with Crippen molar-refractivity contribution in [2.45, 2.75) is 37.1 Å². The summed E-state index contributed by atoms with van der Waals surface area (Å²) in [5.74, 6) is -0.484. The van der Waals surface area contributed by atoms with Gasteiger partial charge in [-0.15, -0.1) is 0 Å². The van der Waals surface area contributed by atoms with Crippen LogP contribution in [0.5, 0.6) is 17.2 Å². The van der Waals surface area contributed by atoms with Gasteiger partial charge in [0, 0.05) is 29.7 Å². The van der Waals surface area contributed by atoms with Crippen LogP contribution in [0.4, 0.5) is 5.69 Å². The highest BCUT2D eigenvalue weighted by Crippen LogP contribution is 2.62. The lowest BCUT2D eigenvalue weighted by molar-refractivity contribution is -0.134. The minimum Gasteiger partial charge on any atom is -0.493 e. The number of nitriles is 1. The van der Waals surface area contributed by atoms with Crippen molar-refractivity contribution in [2.24, 2.45) is 11.8 Å². The number of anilines is 1. The number of ether oxygens (including phenoxy) is 4. The lowest BCUT2D eigenvalue weighted by Gasteiger charge is -2.33. The number of fused-ring (bicyclic) bond motifs is 7. The maximum Gasteiger partial charge on any atom is 0.240 e. The second-order valence-electron chi connectivity index (χ2n) is 10.4. The average Bonchev–Trinajstić information content (AvgIpc) is 3.62. The van der Waals surface area contributed by atoms with Crippen molar-refractivity contribution in [3.05, 3.63) is 60.2 Å². The Balaban J connectivity index is 1.21. The highest BCUT2D eigenvalue weighted by Gasteiger charge is 2.77. The number of hydrogen-bond donors (Lipinski definition) is 1. The molecule has 1 N–H and O–H groups in total. The summed E-state index contributed by atoms with van der Waals surface area (Å²) in [6.45, 7) is 2.09. The van der Waals surface area contributed by atoms with E-state index in [1.54, 1.807) is 49.4 Å². The number of hydrogen-bond acceptors (Lipinski definition) is 8. The number of carbonyl (C=O) groups is 2. The number of benzene rings is 3. The van der Waals surface area contributed by atoms with Gasteiger partial charge in [0.2, 0.25) is 18.6 Å². The lowest BCUT2D eigenvalue weighted by atomic mass is 9.66. The molecular weight excluding hydrogens is 488 g/mol. The first-order chi connectivity index (χ1) is 18.4. The molecule has 0 radical (unpaired) electrons. The molecule has 0 aliphatic carbocycles. The zero-order valence-corrected chi connectivity index (χ0v) is 20.5. The Morgan fingerprint density at radius 2 is 1.82 bits per heavy atom. The fraction of sp³-hybridized carbons (Fsp3) is 0.345. The van der Waals surface area contributed by atoms with Crippen LogP contribution in [-0.2, 0) is 14.3 Å². The molecule has 0 spiro atoms. The normalized spacial score (nSPS) is 30.7. The maximum atomic E-state index is 14.0. The Kier molecular flexibility index (Phi) is 4.81. The number of nitrogens with zero attached hydrogens (tertiary/aromatic N) is 2. The summed E-state index contributed by atoms with van der Waals surface area (Å²) in [6, 6.07) is 18.0. The number of amides is 2. The molecule has 5 atom stereocenters. The quantitative estimate of drug-likeness (QED) is 0.518. The molecule has 9 nitrogen and oxygen atoms in total. The van der Waals surface area contributed by atoms with Gasteiger partial charge in [-0.2, -0.15) is 5.26 Å². The van der Waals surface area contributed by atoms with Crippen LogP contribution in [0.1, 0.15) is 25.3 Å². The van der Waals surface area contributed by atoms with E-state index >= 15 is 0 Å². The van der Waals surface area contributed by atoms with Crippen molar-refractivity contribution in [3.63, 3.8) is 0 Å². The number of imide groups is 1. The minimum absolute atomic E-state index is 0.163. The third kappa shape index (κ3) is 2.98. The van der Waals surface area contributed by atoms with Crippen LogP contribution in [0.2, 0.25) is 0 Å². The monoisotopic (exact) mass is 512 g/mol. The van der Waals surface area contributed by atoms with Crippen LogP contribution in [0.25, 0.3) is 10.8 Å². The molecule has 3 fully saturated rings. The Labute approximate surface area is 218 Å². The summed E-state index contributed by atoms with van der Waals surface area (Å²) in [4.78, 5) is 29.1. The zero-order chi connectivity index (χ0) is 26.2. The molecule has 192 valence electrons. The van der Waals surface area contributed by atoms with Gasteiger partial charge >= 0.3 is 0 Å². The third-order valence-corrected chi connectivity index (χ3v) is 8.51. The van der Waals surface area contributed by atoms with Crippen molar-refractivity contribution in [1.29, 1.82) is 5.26 Å². The first kappa shape index (κ1) is 23.0. The Morgan fingerprint density at radius 3 is 2.63 bits per heavy atom. The van der Waals surface area contributed by atoms with Crippen molar-refractivity contribution >= 4 is 28.3 Å². The number of carbonyl (C=O) groups excluding carboxylic acids is 2. The van der Waals surface area contributed by atoms with Gasteiger partial charge in [-0.25, -0.2) is 4.90 Å². The fourth-order valence-electron chi connectivity index (χ4n) is 6.75. The number of aliphatic hydroxyl groups excluding tert-OH is 1. The van der Waals surface area contributed by atoms with E-state index in [9.17, 15) is 20.0 Å². The summed E-state index contributed by atoms with van der Waals surface area (Å²) in [5.41, 5.74) is -1.33. The molecule has 2 amide bonds. The van der Waals surface area contributed by atoms with Gasteiger partial charge in [0.05, 0.1) is 47.5 Å². The molecule has 3 saturated heterocycles. The predicted molar refractivity (Wildman–Crippen MR) is 134 cm³/mol. The van der Waals surface area contributed by atoms with E-state index in [1.165, 1.54) is 4.90 Å². The van der Waals surface area contributed by atoms with Gasteiger partial charge in [-0.1, -0.05) is 24.3 Å². The lowest BCUT2D eigenvalue weighted by Crippen LogP contribution is -2.49. The van der Waals surface area contributed by atoms with Gasteiger partial charge in [0.1, 0.15) is 11.4 Å². The van der Waals surface area contributed by atoms with Crippen LogP contribution >= 0.6 is 0 Å². The van der Waals surface area contributed by atoms with Gasteiger partial charge in [-0.3, -0.25) is 9.59 Å². The SMILES string of the molecule is CC12OC(CCOc3ccc4c(c3)OCO4)(CC1O)C1C(=O)N(c3ccc(C#N)c4ccccc34)C(=O)C12. The summed E-state index contributed by atoms with van der Waals surface area (Å²) in [7, 11) is 0. The summed E-state index contributed by atoms with van der Waals surface area (Å²) >= 11 is 0. The minimum atomic E-state index is -1.19. The van der Waals surface area contributed by atoms with Crippen molar-refractivity contribution in [2.75, 3.05) is 18.3 Å². The van der Waals surface area contributed by atoms with Crippen LogP contribution in [0.15, 0.2) is 54.6 Å². The predicted octanol–water partition coefficient (Wildman–Crippen LogP) is 3.31. The van der Waals surface area contributed by atoms with Crippen molar-refractivity contribution in [1.82, 2.24) is 0 Å². The topological polar surface area (TPSA) is 118 Å². The Bertz CT molecular complexity index is 1560. The average molecular weight is 513 g/mol. The van der Waals surface area contributed by atoms with E-state index in [-0.39, 0.29) is 25.7 Å². The van der Waals surface area contributed by atoms with E-state index in [4.69, 9.17) is 18.9 Å². The molecule has 3 aromatic carbocycles. The molecule has 4 aliphatic heterocycles. The molecule has 0 saturated carbocycles. The molecular formula is C29H24N2O7. The number of aliphatic hydroxyl groups is 1. The molecule has 9 heteroatoms. The Morgan fingerprint density at radius 1 is 1.05 bits per heavy atom. The summed E-state index contributed by atoms with van der Waals surface area (Å²) < 4.78 is 23.1. The maximum absolute atomic E-state index is 14.0. The second kappa shape index (κ2) is 7.93. The van der Waals surface area contributed by atoms with Gasteiger partial charge in [0.25, 0.3) is 0 Å². The van der Waals surface area contributed by atoms with Gasteiger partial charge < -0.3 is 24.1 Å². The molecule has 3 aromatic rings. The van der Waals surface area contributed by atoms with Crippen molar-refractivity contribution in [3.8, 4) is 23.3 Å². The fourth-order valence-corrected chi connectivity index (χ4v) is 6.75. The van der Waals surface area contributed by atoms with E-state index in [0.717, 1.165) is 0 Å². The molecule has 4 aliphatic rings. The molecule has 7 rings (SSSR count). The smallest absolute Gasteiger partial charge is 0.240 e. The first-order valence-electron chi connectivity index (χ1n) is 12.6. The highest BCUT2D eigenvalue weighted by atomic mass is 16.7. The first-order valence-corrected chi connectivity index (χ1v) is 12.6. The van der Waals surface area contributed by atoms with E-state index in [2.05, 4.69) is 6.07 Å². The van der Waals surface area contributed by atoms with Gasteiger partial charge in [-0.05, 0) is 31.2 Å². The molecule has 5 unspecified atom stereocenters. The van der Waals surface area contributed by atoms with Crippen LogP contribution in [0.3, 0.4) is 0 Å². The molecule has 38 heavy (non-hydrogen) atoms. The van der Waals surface area contributed by atoms with Gasteiger partial charge in [0.15, 0.2) is 11.5 Å². The molecule has 2 bridgehead atoms. The van der Waals surface area contributed by atoms with E-state index in [1.807, 2.05) is 12.1 Å². The second-order valence-corrected chi connectivity index (χ2v) is 10.4. The summed E-state index contributed by atoms with van der Waals surface area (Å²) in [6.07, 6.45) is -0.351. The summed E-state index contributed by atoms with van der Waals surface area (Å²) in [5, 5.41) is 21.9. The number of rotatable bonds is 5. The molecule has 0 aromatic heterocycles. The molecule has 4 heterocycles. The van der Waals surface area contributed by atoms with E-state index in [0.29, 0.717) is 45.7 Å². The zero-order valence-electron chi connectivity index (χ0n) is 20.5. The Hall–Kier alpha value is -4.13. The highest BCUT2D eigenvalue weighted by molar-refractivity contribution is 6.26. The standard InChI is InChI=1S/C29H24N2O7/c1-28-23(32)13-29(38-28,10-11-35-17-7-9-21-22(12-17)37-15-36-21)25-24(28)26(33)31(27(25)34)20-8-6-16(14-30)18-4-2-3-5-19(18)20/h2-9,12,23-25,32H,10-11,13,15H2,1H3. The third-order valence-electron chi connectivity index (χ3n) is 8.51. The van der Waals surface area contributed by atoms with Crippen LogP contribution < -0.4 is 19.1 Å². The van der Waals surface area contributed by atoms with E-state index < -0.39 is 35.0 Å². The largest absolute Gasteiger partial charge is 0.493 e. The van der Waals surface area contributed by atoms with Crippen molar-refractivity contribution < 1.29 is 33.6 Å². The van der Waals surface area contributed by atoms with Crippen LogP contribution in [0, 0.1) is 23.2 Å². The van der Waals surface area contributed by atoms with Crippen LogP contribution in [-0.4, -0.2) is 47.6 Å².